The van der Waals surface area contributed by atoms with Crippen molar-refractivity contribution in [3.05, 3.63) is 35.9 Å². The molecule has 0 amide bonds. The monoisotopic (exact) mass is 407 g/mol. The van der Waals surface area contributed by atoms with E-state index in [1.807, 2.05) is 0 Å². The molecule has 12 heteroatoms. The number of anilines is 1. The van der Waals surface area contributed by atoms with Gasteiger partial charge in [-0.25, -0.2) is 17.8 Å². The second-order valence-electron chi connectivity index (χ2n) is 6.27. The van der Waals surface area contributed by atoms with Gasteiger partial charge >= 0.3 is 6.18 Å². The van der Waals surface area contributed by atoms with Gasteiger partial charge in [-0.05, 0) is 25.1 Å². The van der Waals surface area contributed by atoms with E-state index >= 15 is 0 Å². The first-order valence-corrected chi connectivity index (χ1v) is 9.43. The Morgan fingerprint density at radius 3 is 2.48 bits per heavy atom. The standard InChI is InChI=1S/C15H17F4N5O2S/c1-10-8-23(13-4-3-11(16)7-12(13)15(17,18)19)5-6-24(10)27(25,26)14-20-9-22(2)21-14/h3-4,7,9-10H,5-6,8H2,1-2H3. The minimum Gasteiger partial charge on any atom is -0.368 e. The topological polar surface area (TPSA) is 71.3 Å². The van der Waals surface area contributed by atoms with Gasteiger partial charge in [-0.15, -0.1) is 5.10 Å². The van der Waals surface area contributed by atoms with E-state index < -0.39 is 33.6 Å². The fourth-order valence-corrected chi connectivity index (χ4v) is 4.56. The van der Waals surface area contributed by atoms with Crippen molar-refractivity contribution in [3.8, 4) is 0 Å². The second-order valence-corrected chi connectivity index (χ2v) is 8.06. The van der Waals surface area contributed by atoms with Crippen LogP contribution in [-0.4, -0.2) is 53.2 Å². The van der Waals surface area contributed by atoms with Gasteiger partial charge in [0, 0.05) is 38.4 Å². The number of alkyl halides is 3. The third-order valence-corrected chi connectivity index (χ3v) is 6.10. The molecule has 7 nitrogen and oxygen atoms in total. The predicted octanol–water partition coefficient (Wildman–Crippen LogP) is 1.87. The van der Waals surface area contributed by atoms with E-state index in [0.29, 0.717) is 6.07 Å². The molecule has 0 N–H and O–H groups in total. The van der Waals surface area contributed by atoms with Gasteiger partial charge in [0.25, 0.3) is 15.2 Å². The van der Waals surface area contributed by atoms with Crippen LogP contribution in [0.4, 0.5) is 23.2 Å². The summed E-state index contributed by atoms with van der Waals surface area (Å²) in [5.74, 6) is -0.985. The molecule has 0 aliphatic carbocycles. The fraction of sp³-hybridized carbons (Fsp3) is 0.467. The summed E-state index contributed by atoms with van der Waals surface area (Å²) >= 11 is 0. The lowest BCUT2D eigenvalue weighted by Crippen LogP contribution is -2.54. The van der Waals surface area contributed by atoms with Gasteiger partial charge in [0.15, 0.2) is 0 Å². The summed E-state index contributed by atoms with van der Waals surface area (Å²) in [7, 11) is -2.43. The van der Waals surface area contributed by atoms with E-state index in [9.17, 15) is 26.0 Å². The number of piperazine rings is 1. The lowest BCUT2D eigenvalue weighted by atomic mass is 10.1. The Labute approximate surface area is 153 Å². The highest BCUT2D eigenvalue weighted by molar-refractivity contribution is 7.89. The van der Waals surface area contributed by atoms with Crippen molar-refractivity contribution in [1.82, 2.24) is 19.1 Å². The van der Waals surface area contributed by atoms with E-state index in [4.69, 9.17) is 0 Å². The van der Waals surface area contributed by atoms with Gasteiger partial charge < -0.3 is 4.90 Å². The second kappa shape index (κ2) is 6.75. The van der Waals surface area contributed by atoms with Crippen LogP contribution in [-0.2, 0) is 23.2 Å². The molecule has 3 rings (SSSR count). The zero-order chi connectivity index (χ0) is 20.0. The Balaban J connectivity index is 1.86. The SMILES string of the molecule is CC1CN(c2ccc(F)cc2C(F)(F)F)CCN1S(=O)(=O)c1ncn(C)n1. The lowest BCUT2D eigenvalue weighted by molar-refractivity contribution is -0.137. The number of halogens is 4. The molecule has 1 aliphatic heterocycles. The first-order valence-electron chi connectivity index (χ1n) is 7.99. The Morgan fingerprint density at radius 1 is 1.22 bits per heavy atom. The Kier molecular flexibility index (Phi) is 4.89. The van der Waals surface area contributed by atoms with Gasteiger partial charge in [0.2, 0.25) is 0 Å². The van der Waals surface area contributed by atoms with Crippen molar-refractivity contribution in [2.75, 3.05) is 24.5 Å². The number of nitrogens with zero attached hydrogens (tertiary/aromatic N) is 5. The van der Waals surface area contributed by atoms with E-state index in [1.54, 1.807) is 6.92 Å². The number of rotatable bonds is 3. The Morgan fingerprint density at radius 2 is 1.93 bits per heavy atom. The summed E-state index contributed by atoms with van der Waals surface area (Å²) < 4.78 is 80.8. The van der Waals surface area contributed by atoms with E-state index in [0.717, 1.165) is 16.4 Å². The minimum atomic E-state index is -4.72. The van der Waals surface area contributed by atoms with Crippen molar-refractivity contribution in [2.45, 2.75) is 24.3 Å². The number of hydrogen-bond donors (Lipinski definition) is 0. The minimum absolute atomic E-state index is 0.0147. The molecular formula is C15H17F4N5O2S. The molecule has 27 heavy (non-hydrogen) atoms. The molecule has 0 bridgehead atoms. The molecule has 2 aromatic rings. The van der Waals surface area contributed by atoms with Crippen LogP contribution >= 0.6 is 0 Å². The number of benzene rings is 1. The van der Waals surface area contributed by atoms with Crippen LogP contribution in [0, 0.1) is 5.82 Å². The zero-order valence-electron chi connectivity index (χ0n) is 14.5. The van der Waals surface area contributed by atoms with Crippen LogP contribution < -0.4 is 4.90 Å². The van der Waals surface area contributed by atoms with E-state index in [2.05, 4.69) is 10.1 Å². The third kappa shape index (κ3) is 3.76. The van der Waals surface area contributed by atoms with Gasteiger partial charge in [-0.3, -0.25) is 4.68 Å². The molecule has 1 aromatic carbocycles. The molecule has 1 aromatic heterocycles. The molecule has 0 spiro atoms. The number of hydrogen-bond acceptors (Lipinski definition) is 5. The quantitative estimate of drug-likeness (QED) is 0.727. The first-order chi connectivity index (χ1) is 12.5. The molecule has 0 saturated carbocycles. The summed E-state index contributed by atoms with van der Waals surface area (Å²) in [6.45, 7) is 1.58. The summed E-state index contributed by atoms with van der Waals surface area (Å²) in [4.78, 5) is 5.16. The molecule has 1 saturated heterocycles. The molecular weight excluding hydrogens is 390 g/mol. The maximum Gasteiger partial charge on any atom is 0.418 e. The van der Waals surface area contributed by atoms with Crippen LogP contribution in [0.15, 0.2) is 29.7 Å². The van der Waals surface area contributed by atoms with Crippen molar-refractivity contribution in [2.24, 2.45) is 7.05 Å². The molecule has 1 atom stereocenters. The van der Waals surface area contributed by atoms with E-state index in [-0.39, 0.29) is 30.5 Å². The highest BCUT2D eigenvalue weighted by Gasteiger charge is 2.39. The highest BCUT2D eigenvalue weighted by Crippen LogP contribution is 2.38. The Bertz CT molecular complexity index is 944. The average molecular weight is 407 g/mol. The van der Waals surface area contributed by atoms with Crippen molar-refractivity contribution in [1.29, 1.82) is 0 Å². The summed E-state index contributed by atoms with van der Waals surface area (Å²) in [6.07, 6.45) is -3.47. The lowest BCUT2D eigenvalue weighted by Gasteiger charge is -2.40. The average Bonchev–Trinajstić information content (AvgIpc) is 3.01. The molecule has 1 aliphatic rings. The molecule has 1 unspecified atom stereocenters. The number of aromatic nitrogens is 3. The van der Waals surface area contributed by atoms with Crippen LogP contribution in [0.3, 0.4) is 0 Å². The highest BCUT2D eigenvalue weighted by atomic mass is 32.2. The molecule has 1 fully saturated rings. The van der Waals surface area contributed by atoms with Crippen molar-refractivity contribution < 1.29 is 26.0 Å². The maximum atomic E-state index is 13.3. The predicted molar refractivity (Wildman–Crippen MR) is 88.0 cm³/mol. The van der Waals surface area contributed by atoms with Gasteiger partial charge in [0.05, 0.1) is 5.56 Å². The van der Waals surface area contributed by atoms with Crippen molar-refractivity contribution >= 4 is 15.7 Å². The van der Waals surface area contributed by atoms with Crippen molar-refractivity contribution in [3.63, 3.8) is 0 Å². The van der Waals surface area contributed by atoms with Gasteiger partial charge in [0.1, 0.15) is 12.1 Å². The van der Waals surface area contributed by atoms with Crippen LogP contribution in [0.2, 0.25) is 0 Å². The normalized spacial score (nSPS) is 19.5. The maximum absolute atomic E-state index is 13.3. The summed E-state index contributed by atoms with van der Waals surface area (Å²) in [6, 6.07) is 1.84. The molecule has 2 heterocycles. The fourth-order valence-electron chi connectivity index (χ4n) is 3.07. The number of sulfonamides is 1. The van der Waals surface area contributed by atoms with Gasteiger partial charge in [-0.2, -0.15) is 17.5 Å². The molecule has 0 radical (unpaired) electrons. The van der Waals surface area contributed by atoms with Crippen LogP contribution in [0.1, 0.15) is 12.5 Å². The summed E-state index contributed by atoms with van der Waals surface area (Å²) in [5, 5.41) is 3.44. The smallest absolute Gasteiger partial charge is 0.368 e. The Hall–Kier alpha value is -2.21. The largest absolute Gasteiger partial charge is 0.418 e. The van der Waals surface area contributed by atoms with Gasteiger partial charge in [-0.1, -0.05) is 0 Å². The summed E-state index contributed by atoms with van der Waals surface area (Å²) in [5.41, 5.74) is -1.26. The number of aryl methyl sites for hydroxylation is 1. The molecule has 148 valence electrons. The van der Waals surface area contributed by atoms with Crippen LogP contribution in [0.5, 0.6) is 0 Å². The van der Waals surface area contributed by atoms with Crippen LogP contribution in [0.25, 0.3) is 0 Å². The van der Waals surface area contributed by atoms with E-state index in [1.165, 1.54) is 23.0 Å². The third-order valence-electron chi connectivity index (χ3n) is 4.29. The zero-order valence-corrected chi connectivity index (χ0v) is 15.3. The first kappa shape index (κ1) is 19.5.